The third kappa shape index (κ3) is 3.65. The average molecular weight is 367 g/mol. The number of nitrogens with zero attached hydrogens (tertiary/aromatic N) is 2. The molecular formula is C21H22FN3O2. The number of benzene rings is 2. The molecule has 2 aromatic carbocycles. The first-order valence-corrected chi connectivity index (χ1v) is 9.24. The minimum atomic E-state index is -0.278. The maximum atomic E-state index is 13.1. The molecule has 1 N–H and O–H groups in total. The molecule has 1 saturated heterocycles. The molecule has 1 saturated carbocycles. The largest absolute Gasteiger partial charge is 0.336 e. The maximum absolute atomic E-state index is 13.1. The molecule has 5 nitrogen and oxygen atoms in total. The van der Waals surface area contributed by atoms with E-state index in [-0.39, 0.29) is 23.8 Å². The zero-order valence-electron chi connectivity index (χ0n) is 15.2. The first-order chi connectivity index (χ1) is 13.0. The van der Waals surface area contributed by atoms with Gasteiger partial charge in [-0.15, -0.1) is 0 Å². The number of rotatable bonds is 5. The zero-order valence-corrected chi connectivity index (χ0v) is 15.2. The van der Waals surface area contributed by atoms with E-state index < -0.39 is 0 Å². The molecule has 0 unspecified atom stereocenters. The molecule has 2 fully saturated rings. The summed E-state index contributed by atoms with van der Waals surface area (Å²) in [5.41, 5.74) is 3.26. The van der Waals surface area contributed by atoms with Crippen LogP contribution in [0.25, 0.3) is 0 Å². The van der Waals surface area contributed by atoms with E-state index in [0.717, 1.165) is 29.7 Å². The molecule has 6 heteroatoms. The molecule has 140 valence electrons. The third-order valence-electron chi connectivity index (χ3n) is 5.11. The van der Waals surface area contributed by atoms with E-state index in [1.54, 1.807) is 23.1 Å². The Hall–Kier alpha value is -2.89. The van der Waals surface area contributed by atoms with Gasteiger partial charge in [-0.3, -0.25) is 9.69 Å². The van der Waals surface area contributed by atoms with Gasteiger partial charge in [0.1, 0.15) is 5.82 Å². The molecule has 0 bridgehead atoms. The van der Waals surface area contributed by atoms with Crippen LogP contribution in [0.4, 0.5) is 14.9 Å². The van der Waals surface area contributed by atoms with E-state index in [9.17, 15) is 14.0 Å². The van der Waals surface area contributed by atoms with Crippen molar-refractivity contribution in [2.75, 3.05) is 18.0 Å². The van der Waals surface area contributed by atoms with E-state index in [4.69, 9.17) is 0 Å². The van der Waals surface area contributed by atoms with Gasteiger partial charge in [0.25, 0.3) is 5.91 Å². The first-order valence-electron chi connectivity index (χ1n) is 9.24. The summed E-state index contributed by atoms with van der Waals surface area (Å²) < 4.78 is 13.1. The SMILES string of the molecule is Cc1cc(C(=O)N(Cc2ccc(F)cc2)C2CC2)ccc1N1CCNC1=O. The molecule has 27 heavy (non-hydrogen) atoms. The van der Waals surface area contributed by atoms with Crippen LogP contribution in [0.15, 0.2) is 42.5 Å². The van der Waals surface area contributed by atoms with Crippen molar-refractivity contribution in [2.24, 2.45) is 0 Å². The van der Waals surface area contributed by atoms with Crippen molar-refractivity contribution in [1.29, 1.82) is 0 Å². The second-order valence-electron chi connectivity index (χ2n) is 7.18. The van der Waals surface area contributed by atoms with E-state index in [0.29, 0.717) is 25.2 Å². The van der Waals surface area contributed by atoms with Crippen molar-refractivity contribution in [3.05, 3.63) is 65.0 Å². The predicted octanol–water partition coefficient (Wildman–Crippen LogP) is 3.47. The molecule has 1 aliphatic heterocycles. The number of carbonyl (C=O) groups excluding carboxylic acids is 2. The smallest absolute Gasteiger partial charge is 0.322 e. The zero-order chi connectivity index (χ0) is 19.0. The Kier molecular flexibility index (Phi) is 4.56. The molecule has 0 aromatic heterocycles. The van der Waals surface area contributed by atoms with Gasteiger partial charge in [-0.2, -0.15) is 0 Å². The number of hydrogen-bond donors (Lipinski definition) is 1. The van der Waals surface area contributed by atoms with Crippen LogP contribution >= 0.6 is 0 Å². The predicted molar refractivity (Wildman–Crippen MR) is 101 cm³/mol. The molecule has 0 spiro atoms. The van der Waals surface area contributed by atoms with Crippen molar-refractivity contribution in [2.45, 2.75) is 32.4 Å². The molecular weight excluding hydrogens is 345 g/mol. The summed E-state index contributed by atoms with van der Waals surface area (Å²) in [5.74, 6) is -0.303. The number of hydrogen-bond acceptors (Lipinski definition) is 2. The van der Waals surface area contributed by atoms with Crippen LogP contribution in [0.2, 0.25) is 0 Å². The fraction of sp³-hybridized carbons (Fsp3) is 0.333. The number of aryl methyl sites for hydroxylation is 1. The highest BCUT2D eigenvalue weighted by Gasteiger charge is 2.33. The maximum Gasteiger partial charge on any atom is 0.322 e. The molecule has 0 atom stereocenters. The fourth-order valence-corrected chi connectivity index (χ4v) is 3.50. The summed E-state index contributed by atoms with van der Waals surface area (Å²) in [6, 6.07) is 11.9. The van der Waals surface area contributed by atoms with Crippen molar-refractivity contribution in [1.82, 2.24) is 10.2 Å². The highest BCUT2D eigenvalue weighted by molar-refractivity contribution is 5.98. The summed E-state index contributed by atoms with van der Waals surface area (Å²) in [6.45, 7) is 3.65. The van der Waals surface area contributed by atoms with Gasteiger partial charge in [-0.05, 0) is 61.2 Å². The lowest BCUT2D eigenvalue weighted by atomic mass is 10.1. The number of halogens is 1. The molecule has 1 aliphatic carbocycles. The minimum Gasteiger partial charge on any atom is -0.336 e. The van der Waals surface area contributed by atoms with Crippen molar-refractivity contribution in [3.8, 4) is 0 Å². The van der Waals surface area contributed by atoms with Gasteiger partial charge in [0.2, 0.25) is 0 Å². The van der Waals surface area contributed by atoms with Gasteiger partial charge in [0.05, 0.1) is 0 Å². The van der Waals surface area contributed by atoms with Crippen LogP contribution in [-0.2, 0) is 6.54 Å². The lowest BCUT2D eigenvalue weighted by Gasteiger charge is -2.24. The quantitative estimate of drug-likeness (QED) is 0.880. The normalized spacial score (nSPS) is 16.4. The molecule has 3 amide bonds. The van der Waals surface area contributed by atoms with E-state index in [1.165, 1.54) is 12.1 Å². The highest BCUT2D eigenvalue weighted by Crippen LogP contribution is 2.31. The number of anilines is 1. The highest BCUT2D eigenvalue weighted by atomic mass is 19.1. The lowest BCUT2D eigenvalue weighted by molar-refractivity contribution is 0.0730. The number of urea groups is 1. The van der Waals surface area contributed by atoms with Crippen molar-refractivity contribution < 1.29 is 14.0 Å². The van der Waals surface area contributed by atoms with Crippen LogP contribution in [0, 0.1) is 12.7 Å². The van der Waals surface area contributed by atoms with Gasteiger partial charge in [-0.1, -0.05) is 12.1 Å². The monoisotopic (exact) mass is 367 g/mol. The Balaban J connectivity index is 1.55. The van der Waals surface area contributed by atoms with Gasteiger partial charge >= 0.3 is 6.03 Å². The Morgan fingerprint density at radius 1 is 1.22 bits per heavy atom. The Morgan fingerprint density at radius 3 is 2.56 bits per heavy atom. The van der Waals surface area contributed by atoms with Gasteiger partial charge in [-0.25, -0.2) is 9.18 Å². The fourth-order valence-electron chi connectivity index (χ4n) is 3.50. The van der Waals surface area contributed by atoms with Crippen LogP contribution < -0.4 is 10.2 Å². The van der Waals surface area contributed by atoms with Crippen molar-refractivity contribution >= 4 is 17.6 Å². The number of nitrogens with one attached hydrogen (secondary N) is 1. The summed E-state index contributed by atoms with van der Waals surface area (Å²) in [4.78, 5) is 28.6. The molecule has 0 radical (unpaired) electrons. The second kappa shape index (κ2) is 7.02. The number of carbonyl (C=O) groups is 2. The summed E-state index contributed by atoms with van der Waals surface area (Å²) in [7, 11) is 0. The van der Waals surface area contributed by atoms with E-state index >= 15 is 0 Å². The Labute approximate surface area is 157 Å². The van der Waals surface area contributed by atoms with Crippen LogP contribution in [-0.4, -0.2) is 36.0 Å². The molecule has 1 heterocycles. The van der Waals surface area contributed by atoms with Crippen LogP contribution in [0.5, 0.6) is 0 Å². The van der Waals surface area contributed by atoms with Gasteiger partial charge < -0.3 is 10.2 Å². The van der Waals surface area contributed by atoms with E-state index in [1.807, 2.05) is 24.0 Å². The Bertz CT molecular complexity index is 877. The third-order valence-corrected chi connectivity index (χ3v) is 5.11. The topological polar surface area (TPSA) is 52.7 Å². The van der Waals surface area contributed by atoms with Gasteiger partial charge in [0.15, 0.2) is 0 Å². The summed E-state index contributed by atoms with van der Waals surface area (Å²) in [6.07, 6.45) is 2.00. The standard InChI is InChI=1S/C21H22FN3O2/c1-14-12-16(4-9-19(14)24-11-10-23-21(24)27)20(26)25(18-7-8-18)13-15-2-5-17(22)6-3-15/h2-6,9,12,18H,7-8,10-11,13H2,1H3,(H,23,27). The first kappa shape index (κ1) is 17.5. The van der Waals surface area contributed by atoms with Crippen molar-refractivity contribution in [3.63, 3.8) is 0 Å². The Morgan fingerprint density at radius 2 is 1.96 bits per heavy atom. The lowest BCUT2D eigenvalue weighted by Crippen LogP contribution is -2.33. The van der Waals surface area contributed by atoms with E-state index in [2.05, 4.69) is 5.32 Å². The molecule has 2 aliphatic rings. The molecule has 4 rings (SSSR count). The number of amides is 3. The summed E-state index contributed by atoms with van der Waals surface area (Å²) in [5, 5.41) is 2.79. The summed E-state index contributed by atoms with van der Waals surface area (Å²) >= 11 is 0. The average Bonchev–Trinajstić information content (AvgIpc) is 3.42. The minimum absolute atomic E-state index is 0.0256. The molecule has 2 aromatic rings. The van der Waals surface area contributed by atoms with Crippen LogP contribution in [0.1, 0.15) is 34.3 Å². The van der Waals surface area contributed by atoms with Crippen LogP contribution in [0.3, 0.4) is 0 Å². The second-order valence-corrected chi connectivity index (χ2v) is 7.18. The van der Waals surface area contributed by atoms with Gasteiger partial charge in [0, 0.05) is 36.9 Å².